The van der Waals surface area contributed by atoms with Gasteiger partial charge in [-0.25, -0.2) is 9.37 Å². The summed E-state index contributed by atoms with van der Waals surface area (Å²) in [6.45, 7) is 3.61. The van der Waals surface area contributed by atoms with E-state index in [4.69, 9.17) is 14.5 Å². The van der Waals surface area contributed by atoms with Crippen molar-refractivity contribution in [2.45, 2.75) is 26.2 Å². The Labute approximate surface area is 255 Å². The van der Waals surface area contributed by atoms with Crippen molar-refractivity contribution >= 4 is 76.5 Å². The maximum Gasteiger partial charge on any atom is 0.282 e. The van der Waals surface area contributed by atoms with Crippen LogP contribution in [-0.2, 0) is 4.79 Å². The summed E-state index contributed by atoms with van der Waals surface area (Å²) in [7, 11) is 1.46. The van der Waals surface area contributed by atoms with Gasteiger partial charge in [0, 0.05) is 20.4 Å². The third-order valence-corrected chi connectivity index (χ3v) is 8.71. The van der Waals surface area contributed by atoms with Gasteiger partial charge in [0.1, 0.15) is 11.6 Å². The van der Waals surface area contributed by atoms with Crippen LogP contribution in [0.3, 0.4) is 0 Å². The van der Waals surface area contributed by atoms with Crippen molar-refractivity contribution in [2.75, 3.05) is 19.0 Å². The molecule has 1 heterocycles. The number of para-hydroxylation sites is 1. The van der Waals surface area contributed by atoms with E-state index in [1.807, 2.05) is 19.9 Å². The Morgan fingerprint density at radius 3 is 2.62 bits per heavy atom. The molecule has 208 valence electrons. The molecule has 0 fully saturated rings. The van der Waals surface area contributed by atoms with Gasteiger partial charge in [0.05, 0.1) is 34.4 Å². The van der Waals surface area contributed by atoms with Crippen LogP contribution in [0.15, 0.2) is 71.8 Å². The first-order chi connectivity index (χ1) is 19.1. The molecule has 0 radical (unpaired) electrons. The highest BCUT2D eigenvalue weighted by molar-refractivity contribution is 9.13. The number of anilines is 1. The molecule has 0 unspecified atom stereocenters. The fourth-order valence-electron chi connectivity index (χ4n) is 3.77. The molecule has 0 spiro atoms. The third-order valence-electron chi connectivity index (χ3n) is 6.07. The monoisotopic (exact) mass is 736 g/mol. The summed E-state index contributed by atoms with van der Waals surface area (Å²) < 4.78 is 28.2. The second kappa shape index (κ2) is 13.0. The van der Waals surface area contributed by atoms with Gasteiger partial charge in [-0.1, -0.05) is 41.9 Å². The predicted octanol–water partition coefficient (Wildman–Crippen LogP) is 7.24. The van der Waals surface area contributed by atoms with Gasteiger partial charge in [-0.15, -0.1) is 0 Å². The van der Waals surface area contributed by atoms with Gasteiger partial charge in [0.25, 0.3) is 11.5 Å². The average molecular weight is 739 g/mol. The number of nitrogens with zero attached hydrogens (tertiary/aromatic N) is 3. The largest absolute Gasteiger partial charge is 0.493 e. The Hall–Kier alpha value is -3.09. The fraction of sp³-hybridized carbons (Fsp3) is 0.214. The van der Waals surface area contributed by atoms with Gasteiger partial charge in [0.15, 0.2) is 18.1 Å². The molecule has 1 amide bonds. The number of hydrogen-bond acceptors (Lipinski definition) is 6. The van der Waals surface area contributed by atoms with E-state index in [2.05, 4.69) is 58.2 Å². The van der Waals surface area contributed by atoms with E-state index in [1.54, 1.807) is 24.3 Å². The Morgan fingerprint density at radius 1 is 1.18 bits per heavy atom. The molecule has 12 heteroatoms. The van der Waals surface area contributed by atoms with Gasteiger partial charge in [-0.3, -0.25) is 9.59 Å². The molecule has 0 aliphatic carbocycles. The normalized spacial score (nSPS) is 12.1. The number of benzene rings is 3. The highest BCUT2D eigenvalue weighted by Crippen LogP contribution is 2.42. The summed E-state index contributed by atoms with van der Waals surface area (Å²) in [5.41, 5.74) is 0.933. The van der Waals surface area contributed by atoms with Crippen LogP contribution in [-0.4, -0.2) is 35.5 Å². The maximum absolute atomic E-state index is 13.9. The third kappa shape index (κ3) is 6.45. The van der Waals surface area contributed by atoms with Crippen LogP contribution in [0, 0.1) is 5.82 Å². The molecule has 0 bridgehead atoms. The number of ether oxygens (including phenoxy) is 2. The number of hydrogen-bond donors (Lipinski definition) is 1. The van der Waals surface area contributed by atoms with Crippen LogP contribution in [0.25, 0.3) is 10.9 Å². The fourth-order valence-corrected chi connectivity index (χ4v) is 5.07. The summed E-state index contributed by atoms with van der Waals surface area (Å²) in [5.74, 6) is -0.00958. The minimum absolute atomic E-state index is 0.0195. The van der Waals surface area contributed by atoms with E-state index in [0.717, 1.165) is 10.9 Å². The zero-order valence-electron chi connectivity index (χ0n) is 21.7. The van der Waals surface area contributed by atoms with Gasteiger partial charge >= 0.3 is 0 Å². The zero-order valence-corrected chi connectivity index (χ0v) is 26.4. The van der Waals surface area contributed by atoms with E-state index in [1.165, 1.54) is 36.2 Å². The Bertz CT molecular complexity index is 1680. The smallest absolute Gasteiger partial charge is 0.282 e. The summed E-state index contributed by atoms with van der Waals surface area (Å²) in [4.78, 5) is 30.5. The van der Waals surface area contributed by atoms with E-state index in [9.17, 15) is 14.0 Å². The van der Waals surface area contributed by atoms with Gasteiger partial charge in [0.2, 0.25) is 0 Å². The number of aromatic nitrogens is 2. The number of methoxy groups -OCH3 is 1. The maximum atomic E-state index is 13.9. The Kier molecular flexibility index (Phi) is 9.75. The molecule has 1 N–H and O–H groups in total. The molecule has 0 aliphatic heterocycles. The molecule has 4 aromatic rings. The molecule has 1 aromatic heterocycles. The van der Waals surface area contributed by atoms with E-state index < -0.39 is 18.3 Å². The quantitative estimate of drug-likeness (QED) is 0.183. The number of carbonyl (C=O) groups excluding carboxylic acids is 1. The number of halogens is 4. The first-order valence-corrected chi connectivity index (χ1v) is 14.5. The van der Waals surface area contributed by atoms with Crippen molar-refractivity contribution in [3.05, 3.63) is 89.5 Å². The van der Waals surface area contributed by atoms with Gasteiger partial charge in [-0.05, 0) is 74.7 Å². The lowest BCUT2D eigenvalue weighted by Crippen LogP contribution is -2.23. The van der Waals surface area contributed by atoms with E-state index >= 15 is 0 Å². The molecule has 8 nitrogen and oxygen atoms in total. The average Bonchev–Trinajstić information content (AvgIpc) is 2.94. The molecule has 40 heavy (non-hydrogen) atoms. The van der Waals surface area contributed by atoms with Crippen LogP contribution in [0.1, 0.15) is 37.6 Å². The number of nitrogens with one attached hydrogen (secondary N) is 1. The first kappa shape index (κ1) is 29.9. The van der Waals surface area contributed by atoms with Crippen molar-refractivity contribution in [2.24, 2.45) is 5.10 Å². The highest BCUT2D eigenvalue weighted by atomic mass is 79.9. The highest BCUT2D eigenvalue weighted by Gasteiger charge is 2.19. The number of rotatable bonds is 9. The molecule has 0 saturated carbocycles. The van der Waals surface area contributed by atoms with Crippen molar-refractivity contribution < 1.29 is 18.7 Å². The topological polar surface area (TPSA) is 94.8 Å². The molecule has 3 aromatic carbocycles. The molecule has 0 aliphatic rings. The number of fused-ring (bicyclic) bond motifs is 1. The zero-order chi connectivity index (χ0) is 29.0. The lowest BCUT2D eigenvalue weighted by atomic mass is 10.1. The molecule has 4 rings (SSSR count). The first-order valence-electron chi connectivity index (χ1n) is 12.1. The molecule has 1 atom stereocenters. The second-order valence-electron chi connectivity index (χ2n) is 8.74. The lowest BCUT2D eigenvalue weighted by molar-refractivity contribution is -0.118. The molecular weight excluding hydrogens is 715 g/mol. The van der Waals surface area contributed by atoms with Crippen LogP contribution in [0.5, 0.6) is 11.5 Å². The minimum atomic E-state index is -0.550. The number of carbonyl (C=O) groups is 1. The summed E-state index contributed by atoms with van der Waals surface area (Å²) in [6, 6.07) is 12.9. The van der Waals surface area contributed by atoms with Crippen molar-refractivity contribution in [3.8, 4) is 11.5 Å². The van der Waals surface area contributed by atoms with Crippen molar-refractivity contribution in [3.63, 3.8) is 0 Å². The standard InChI is InChI=1S/C28H24Br3FN4O4/c1-4-15(2)27-35-20-10-9-17(29)12-18(20)28(38)36(27)33-13-16-11-22(39-3)26(25(31)24(16)30)40-14-23(37)34-21-8-6-5-7-19(21)32/h5-13,15H,4,14H2,1-3H3,(H,34,37)/t15-/m1/s1. The van der Waals surface area contributed by atoms with E-state index in [0.29, 0.717) is 37.0 Å². The SMILES string of the molecule is CC[C@@H](C)c1nc2ccc(Br)cc2c(=O)n1N=Cc1cc(OC)c(OCC(=O)Nc2ccccc2F)c(Br)c1Br. The van der Waals surface area contributed by atoms with Crippen LogP contribution in [0.2, 0.25) is 0 Å². The minimum Gasteiger partial charge on any atom is -0.493 e. The second-order valence-corrected chi connectivity index (χ2v) is 11.2. The van der Waals surface area contributed by atoms with E-state index in [-0.39, 0.29) is 22.9 Å². The van der Waals surface area contributed by atoms with Crippen molar-refractivity contribution in [1.82, 2.24) is 9.66 Å². The summed E-state index contributed by atoms with van der Waals surface area (Å²) >= 11 is 10.4. The Balaban J connectivity index is 1.66. The van der Waals surface area contributed by atoms with Crippen molar-refractivity contribution in [1.29, 1.82) is 0 Å². The molecule has 0 saturated heterocycles. The van der Waals surface area contributed by atoms with Gasteiger partial charge < -0.3 is 14.8 Å². The number of amides is 1. The predicted molar refractivity (Wildman–Crippen MR) is 164 cm³/mol. The summed E-state index contributed by atoms with van der Waals surface area (Å²) in [6.07, 6.45) is 2.29. The molecular formula is C28H24Br3FN4O4. The van der Waals surface area contributed by atoms with Crippen LogP contribution in [0.4, 0.5) is 10.1 Å². The van der Waals surface area contributed by atoms with Crippen LogP contribution >= 0.6 is 47.8 Å². The Morgan fingerprint density at radius 2 is 1.93 bits per heavy atom. The lowest BCUT2D eigenvalue weighted by Gasteiger charge is -2.16. The van der Waals surface area contributed by atoms with Crippen LogP contribution < -0.4 is 20.3 Å². The van der Waals surface area contributed by atoms with Gasteiger partial charge in [-0.2, -0.15) is 9.78 Å². The summed E-state index contributed by atoms with van der Waals surface area (Å²) in [5, 5.41) is 7.43.